The first-order valence-electron chi connectivity index (χ1n) is 3.39. The van der Waals surface area contributed by atoms with Crippen molar-refractivity contribution in [2.24, 2.45) is 5.28 Å². The van der Waals surface area contributed by atoms with E-state index in [4.69, 9.17) is 0 Å². The number of hydrogen-bond donors (Lipinski definition) is 0. The number of rotatable bonds is 3. The molecule has 0 amide bonds. The average molecular weight is 158 g/mol. The SMILES string of the molecule is C=CCO/N=[N+](\[O-])C(C)(C)C. The molecular weight excluding hydrogens is 144 g/mol. The maximum absolute atomic E-state index is 10.9. The Morgan fingerprint density at radius 3 is 2.55 bits per heavy atom. The second-order valence-electron chi connectivity index (χ2n) is 3.11. The molecule has 0 unspecified atom stereocenters. The number of hydrogen-bond acceptors (Lipinski definition) is 3. The highest BCUT2D eigenvalue weighted by atomic mass is 16.7. The minimum absolute atomic E-state index is 0.259. The molecule has 0 aliphatic heterocycles. The summed E-state index contributed by atoms with van der Waals surface area (Å²) in [6.45, 7) is 8.93. The van der Waals surface area contributed by atoms with Crippen molar-refractivity contribution < 1.29 is 9.70 Å². The molecule has 4 heteroatoms. The Kier molecular flexibility index (Phi) is 3.57. The van der Waals surface area contributed by atoms with Crippen LogP contribution in [0.25, 0.3) is 0 Å². The summed E-state index contributed by atoms with van der Waals surface area (Å²) in [5.41, 5.74) is -0.541. The summed E-state index contributed by atoms with van der Waals surface area (Å²) in [7, 11) is 0. The maximum Gasteiger partial charge on any atom is 0.200 e. The summed E-state index contributed by atoms with van der Waals surface area (Å²) in [6.07, 6.45) is 1.53. The maximum atomic E-state index is 10.9. The van der Waals surface area contributed by atoms with Crippen LogP contribution in [0, 0.1) is 5.21 Å². The van der Waals surface area contributed by atoms with E-state index in [1.54, 1.807) is 20.8 Å². The lowest BCUT2D eigenvalue weighted by atomic mass is 10.1. The van der Waals surface area contributed by atoms with Crippen LogP contribution in [0.5, 0.6) is 0 Å². The third-order valence-electron chi connectivity index (χ3n) is 0.898. The molecule has 64 valence electrons. The first kappa shape index (κ1) is 9.94. The van der Waals surface area contributed by atoms with Crippen LogP contribution in [0.3, 0.4) is 0 Å². The van der Waals surface area contributed by atoms with Crippen molar-refractivity contribution in [3.05, 3.63) is 17.9 Å². The summed E-state index contributed by atoms with van der Waals surface area (Å²) in [6, 6.07) is 0. The van der Waals surface area contributed by atoms with Gasteiger partial charge in [-0.15, -0.1) is 0 Å². The fourth-order valence-electron chi connectivity index (χ4n) is 0.261. The summed E-state index contributed by atoms with van der Waals surface area (Å²) in [5, 5.41) is 14.2. The van der Waals surface area contributed by atoms with Gasteiger partial charge in [0.05, 0.1) is 0 Å². The molecule has 0 heterocycles. The van der Waals surface area contributed by atoms with Crippen molar-refractivity contribution in [2.45, 2.75) is 26.3 Å². The Labute approximate surface area is 66.7 Å². The zero-order valence-corrected chi connectivity index (χ0v) is 7.20. The highest BCUT2D eigenvalue weighted by molar-refractivity contribution is 4.62. The van der Waals surface area contributed by atoms with Gasteiger partial charge in [-0.2, -0.15) is 0 Å². The molecule has 0 fully saturated rings. The molecule has 0 spiro atoms. The van der Waals surface area contributed by atoms with Gasteiger partial charge in [-0.05, 0) is 0 Å². The van der Waals surface area contributed by atoms with Crippen molar-refractivity contribution in [1.82, 2.24) is 0 Å². The van der Waals surface area contributed by atoms with Gasteiger partial charge >= 0.3 is 0 Å². The molecule has 0 aliphatic rings. The summed E-state index contributed by atoms with van der Waals surface area (Å²) in [5.74, 6) is 0. The van der Waals surface area contributed by atoms with Crippen molar-refractivity contribution in [3.63, 3.8) is 0 Å². The molecule has 0 rings (SSSR count). The van der Waals surface area contributed by atoms with Crippen LogP contribution < -0.4 is 0 Å². The van der Waals surface area contributed by atoms with Crippen LogP contribution in [-0.4, -0.2) is 17.0 Å². The lowest BCUT2D eigenvalue weighted by molar-refractivity contribution is -0.622. The second kappa shape index (κ2) is 3.95. The van der Waals surface area contributed by atoms with E-state index >= 15 is 0 Å². The Balaban J connectivity index is 3.90. The van der Waals surface area contributed by atoms with Crippen LogP contribution in [0.2, 0.25) is 0 Å². The van der Waals surface area contributed by atoms with Crippen LogP contribution in [-0.2, 0) is 4.84 Å². The molecule has 4 nitrogen and oxygen atoms in total. The molecule has 0 aromatic carbocycles. The van der Waals surface area contributed by atoms with E-state index in [0.29, 0.717) is 4.86 Å². The normalized spacial score (nSPS) is 12.8. The quantitative estimate of drug-likeness (QED) is 0.207. The van der Waals surface area contributed by atoms with Crippen LogP contribution in [0.1, 0.15) is 20.8 Å². The van der Waals surface area contributed by atoms with Crippen LogP contribution in [0.4, 0.5) is 0 Å². The fourth-order valence-corrected chi connectivity index (χ4v) is 0.261. The Morgan fingerprint density at radius 2 is 2.18 bits per heavy atom. The van der Waals surface area contributed by atoms with Gasteiger partial charge in [-0.25, -0.2) is 0 Å². The monoisotopic (exact) mass is 158 g/mol. The van der Waals surface area contributed by atoms with Gasteiger partial charge in [0.1, 0.15) is 6.61 Å². The zero-order chi connectivity index (χ0) is 8.91. The second-order valence-corrected chi connectivity index (χ2v) is 3.11. The minimum atomic E-state index is -0.541. The predicted octanol–water partition coefficient (Wildman–Crippen LogP) is 1.86. The van der Waals surface area contributed by atoms with Crippen LogP contribution >= 0.6 is 0 Å². The lowest BCUT2D eigenvalue weighted by Crippen LogP contribution is -2.27. The van der Waals surface area contributed by atoms with Crippen molar-refractivity contribution in [1.29, 1.82) is 0 Å². The highest BCUT2D eigenvalue weighted by Gasteiger charge is 2.21. The summed E-state index contributed by atoms with van der Waals surface area (Å²) >= 11 is 0. The molecule has 0 aromatic heterocycles. The topological polar surface area (TPSA) is 47.7 Å². The van der Waals surface area contributed by atoms with E-state index in [1.165, 1.54) is 6.08 Å². The van der Waals surface area contributed by atoms with E-state index in [2.05, 4.69) is 16.7 Å². The molecule has 11 heavy (non-hydrogen) atoms. The number of nitrogens with zero attached hydrogens (tertiary/aromatic N) is 2. The summed E-state index contributed by atoms with van der Waals surface area (Å²) in [4.78, 5) is 5.12. The van der Waals surface area contributed by atoms with Gasteiger partial charge in [0.25, 0.3) is 0 Å². The predicted molar refractivity (Wildman–Crippen MR) is 42.0 cm³/mol. The van der Waals surface area contributed by atoms with E-state index in [1.807, 2.05) is 0 Å². The summed E-state index contributed by atoms with van der Waals surface area (Å²) < 4.78 is 0. The lowest BCUT2D eigenvalue weighted by Gasteiger charge is -2.13. The minimum Gasteiger partial charge on any atom is -0.597 e. The molecular formula is C7H14N2O2. The van der Waals surface area contributed by atoms with Crippen molar-refractivity contribution >= 4 is 0 Å². The van der Waals surface area contributed by atoms with E-state index in [-0.39, 0.29) is 6.61 Å². The van der Waals surface area contributed by atoms with Crippen molar-refractivity contribution in [2.75, 3.05) is 6.61 Å². The van der Waals surface area contributed by atoms with Gasteiger partial charge in [0.2, 0.25) is 5.28 Å². The van der Waals surface area contributed by atoms with E-state index in [0.717, 1.165) is 0 Å². The largest absolute Gasteiger partial charge is 0.597 e. The average Bonchev–Trinajstić information content (AvgIpc) is 1.86. The van der Waals surface area contributed by atoms with Gasteiger partial charge in [-0.3, -0.25) is 0 Å². The molecule has 0 aromatic rings. The Hall–Kier alpha value is -1.06. The molecule has 0 N–H and O–H groups in total. The Bertz CT molecular complexity index is 158. The Morgan fingerprint density at radius 1 is 1.64 bits per heavy atom. The first-order chi connectivity index (χ1) is 4.98. The molecule has 0 aliphatic carbocycles. The third kappa shape index (κ3) is 4.36. The van der Waals surface area contributed by atoms with Gasteiger partial charge in [-0.1, -0.05) is 17.5 Å². The van der Waals surface area contributed by atoms with Crippen LogP contribution in [0.15, 0.2) is 17.9 Å². The van der Waals surface area contributed by atoms with Gasteiger partial charge in [0, 0.05) is 20.8 Å². The molecule has 0 saturated heterocycles. The highest BCUT2D eigenvalue weighted by Crippen LogP contribution is 2.05. The van der Waals surface area contributed by atoms with E-state index < -0.39 is 5.54 Å². The molecule has 0 bridgehead atoms. The number of hydroxylamine groups is 1. The standard InChI is InChI=1S/C7H14N2O2/c1-5-6-11-8-9(10)7(2,3)4/h5H,1,6H2,2-4H3/b9-8-. The van der Waals surface area contributed by atoms with Crippen molar-refractivity contribution in [3.8, 4) is 0 Å². The molecule has 0 radical (unpaired) electrons. The zero-order valence-electron chi connectivity index (χ0n) is 7.20. The van der Waals surface area contributed by atoms with Gasteiger partial charge < -0.3 is 10.0 Å². The van der Waals surface area contributed by atoms with Gasteiger partial charge in [0.15, 0.2) is 5.54 Å². The fraction of sp³-hybridized carbons (Fsp3) is 0.714. The first-order valence-corrected chi connectivity index (χ1v) is 3.39. The third-order valence-corrected chi connectivity index (χ3v) is 0.898. The smallest absolute Gasteiger partial charge is 0.200 e. The molecule has 0 atom stereocenters. The van der Waals surface area contributed by atoms with E-state index in [9.17, 15) is 5.21 Å². The molecule has 0 saturated carbocycles.